The zero-order chi connectivity index (χ0) is 16.9. The molecule has 2 heterocycles. The molecule has 2 aliphatic rings. The fourth-order valence-electron chi connectivity index (χ4n) is 3.98. The number of hydrogen-bond acceptors (Lipinski definition) is 4. The van der Waals surface area contributed by atoms with Gasteiger partial charge in [-0.15, -0.1) is 0 Å². The van der Waals surface area contributed by atoms with Crippen LogP contribution in [0.1, 0.15) is 44.6 Å². The van der Waals surface area contributed by atoms with E-state index in [1.54, 1.807) is 7.11 Å². The molecular weight excluding hydrogens is 304 g/mol. The number of nitrogens with one attached hydrogen (secondary N) is 2. The minimum Gasteiger partial charge on any atom is -0.493 e. The van der Waals surface area contributed by atoms with Crippen LogP contribution < -0.4 is 20.1 Å². The first-order valence-electron chi connectivity index (χ1n) is 9.00. The SMILES string of the molecule is CCOc1cc(CNC(=O)CC2CC3CCC(C2)N3)ccc1OC. The molecule has 2 aliphatic heterocycles. The van der Waals surface area contributed by atoms with E-state index in [2.05, 4.69) is 10.6 Å². The van der Waals surface area contributed by atoms with Crippen molar-refractivity contribution < 1.29 is 14.3 Å². The molecule has 132 valence electrons. The highest BCUT2D eigenvalue weighted by Gasteiger charge is 2.34. The lowest BCUT2D eigenvalue weighted by atomic mass is 9.89. The van der Waals surface area contributed by atoms with Crippen LogP contribution in [0, 0.1) is 5.92 Å². The Morgan fingerprint density at radius 1 is 1.25 bits per heavy atom. The average Bonchev–Trinajstić information content (AvgIpc) is 2.92. The first kappa shape index (κ1) is 17.1. The first-order valence-corrected chi connectivity index (χ1v) is 9.00. The summed E-state index contributed by atoms with van der Waals surface area (Å²) >= 11 is 0. The molecule has 0 saturated carbocycles. The zero-order valence-electron chi connectivity index (χ0n) is 14.6. The van der Waals surface area contributed by atoms with Crippen LogP contribution in [0.3, 0.4) is 0 Å². The normalized spacial score (nSPS) is 25.3. The van der Waals surface area contributed by atoms with Crippen molar-refractivity contribution in [2.45, 2.75) is 57.7 Å². The summed E-state index contributed by atoms with van der Waals surface area (Å²) < 4.78 is 10.9. The lowest BCUT2D eigenvalue weighted by Gasteiger charge is -2.28. The number of rotatable bonds is 7. The van der Waals surface area contributed by atoms with Crippen molar-refractivity contribution in [2.24, 2.45) is 5.92 Å². The Balaban J connectivity index is 1.50. The van der Waals surface area contributed by atoms with Crippen LogP contribution in [0.15, 0.2) is 18.2 Å². The number of hydrogen-bond donors (Lipinski definition) is 2. The van der Waals surface area contributed by atoms with Gasteiger partial charge in [-0.05, 0) is 56.2 Å². The number of carbonyl (C=O) groups is 1. The van der Waals surface area contributed by atoms with E-state index < -0.39 is 0 Å². The lowest BCUT2D eigenvalue weighted by molar-refractivity contribution is -0.122. The molecule has 1 amide bonds. The van der Waals surface area contributed by atoms with Gasteiger partial charge in [-0.25, -0.2) is 0 Å². The van der Waals surface area contributed by atoms with Gasteiger partial charge in [0.2, 0.25) is 5.91 Å². The van der Waals surface area contributed by atoms with Gasteiger partial charge in [-0.1, -0.05) is 6.07 Å². The van der Waals surface area contributed by atoms with E-state index in [4.69, 9.17) is 9.47 Å². The van der Waals surface area contributed by atoms with E-state index in [0.717, 1.165) is 29.9 Å². The molecule has 2 N–H and O–H groups in total. The third-order valence-electron chi connectivity index (χ3n) is 5.06. The van der Waals surface area contributed by atoms with Crippen molar-refractivity contribution in [3.8, 4) is 11.5 Å². The smallest absolute Gasteiger partial charge is 0.220 e. The summed E-state index contributed by atoms with van der Waals surface area (Å²) in [6.07, 6.45) is 5.47. The van der Waals surface area contributed by atoms with E-state index in [-0.39, 0.29) is 5.91 Å². The second-order valence-electron chi connectivity index (χ2n) is 6.87. The Morgan fingerprint density at radius 2 is 2.00 bits per heavy atom. The molecule has 0 spiro atoms. The van der Waals surface area contributed by atoms with Gasteiger partial charge in [-0.2, -0.15) is 0 Å². The van der Waals surface area contributed by atoms with E-state index >= 15 is 0 Å². The molecule has 24 heavy (non-hydrogen) atoms. The van der Waals surface area contributed by atoms with Gasteiger partial charge in [0.1, 0.15) is 0 Å². The van der Waals surface area contributed by atoms with Crippen LogP contribution >= 0.6 is 0 Å². The van der Waals surface area contributed by atoms with Crippen LogP contribution in [-0.2, 0) is 11.3 Å². The van der Waals surface area contributed by atoms with Crippen molar-refractivity contribution in [1.29, 1.82) is 0 Å². The minimum absolute atomic E-state index is 0.148. The van der Waals surface area contributed by atoms with Crippen molar-refractivity contribution >= 4 is 5.91 Å². The number of carbonyl (C=O) groups excluding carboxylic acids is 1. The molecule has 5 nitrogen and oxygen atoms in total. The molecule has 2 fully saturated rings. The van der Waals surface area contributed by atoms with E-state index in [1.165, 1.54) is 12.8 Å². The minimum atomic E-state index is 0.148. The highest BCUT2D eigenvalue weighted by atomic mass is 16.5. The van der Waals surface area contributed by atoms with E-state index in [1.807, 2.05) is 25.1 Å². The van der Waals surface area contributed by atoms with Gasteiger partial charge >= 0.3 is 0 Å². The molecule has 0 aliphatic carbocycles. The first-order chi connectivity index (χ1) is 11.7. The summed E-state index contributed by atoms with van der Waals surface area (Å²) in [7, 11) is 1.63. The van der Waals surface area contributed by atoms with Crippen molar-refractivity contribution in [1.82, 2.24) is 10.6 Å². The predicted octanol–water partition coefficient (Wildman–Crippen LogP) is 2.63. The molecule has 2 atom stereocenters. The Bertz CT molecular complexity index is 564. The highest BCUT2D eigenvalue weighted by Crippen LogP contribution is 2.32. The number of methoxy groups -OCH3 is 1. The third kappa shape index (κ3) is 4.20. The fourth-order valence-corrected chi connectivity index (χ4v) is 3.98. The number of piperidine rings is 1. The molecule has 1 aromatic carbocycles. The second-order valence-corrected chi connectivity index (χ2v) is 6.87. The summed E-state index contributed by atoms with van der Waals surface area (Å²) in [6, 6.07) is 7.06. The lowest BCUT2D eigenvalue weighted by Crippen LogP contribution is -2.39. The second kappa shape index (κ2) is 7.88. The zero-order valence-corrected chi connectivity index (χ0v) is 14.6. The summed E-state index contributed by atoms with van der Waals surface area (Å²) in [5.41, 5.74) is 1.03. The van der Waals surface area contributed by atoms with Gasteiger partial charge in [-0.3, -0.25) is 4.79 Å². The number of ether oxygens (including phenoxy) is 2. The topological polar surface area (TPSA) is 59.6 Å². The third-order valence-corrected chi connectivity index (χ3v) is 5.06. The predicted molar refractivity (Wildman–Crippen MR) is 93.3 cm³/mol. The maximum atomic E-state index is 12.3. The van der Waals surface area contributed by atoms with E-state index in [0.29, 0.717) is 37.6 Å². The molecule has 5 heteroatoms. The summed E-state index contributed by atoms with van der Waals surface area (Å²) in [6.45, 7) is 3.06. The number of amides is 1. The summed E-state index contributed by atoms with van der Waals surface area (Å²) in [4.78, 5) is 12.3. The number of benzene rings is 1. The van der Waals surface area contributed by atoms with Crippen LogP contribution in [0.2, 0.25) is 0 Å². The van der Waals surface area contributed by atoms with Gasteiger partial charge in [0.25, 0.3) is 0 Å². The monoisotopic (exact) mass is 332 g/mol. The van der Waals surface area contributed by atoms with Crippen LogP contribution in [0.25, 0.3) is 0 Å². The van der Waals surface area contributed by atoms with Crippen LogP contribution in [-0.4, -0.2) is 31.7 Å². The average molecular weight is 332 g/mol. The molecular formula is C19H28N2O3. The summed E-state index contributed by atoms with van der Waals surface area (Å²) in [5.74, 6) is 2.12. The van der Waals surface area contributed by atoms with Crippen LogP contribution in [0.4, 0.5) is 0 Å². The van der Waals surface area contributed by atoms with Crippen molar-refractivity contribution in [3.05, 3.63) is 23.8 Å². The van der Waals surface area contributed by atoms with Crippen LogP contribution in [0.5, 0.6) is 11.5 Å². The van der Waals surface area contributed by atoms with Crippen molar-refractivity contribution in [3.63, 3.8) is 0 Å². The summed E-state index contributed by atoms with van der Waals surface area (Å²) in [5, 5.41) is 6.67. The maximum absolute atomic E-state index is 12.3. The molecule has 2 saturated heterocycles. The molecule has 1 aromatic rings. The Kier molecular flexibility index (Phi) is 5.61. The molecule has 2 bridgehead atoms. The Labute approximate surface area is 144 Å². The Morgan fingerprint density at radius 3 is 2.67 bits per heavy atom. The Hall–Kier alpha value is -1.75. The van der Waals surface area contributed by atoms with Gasteiger partial charge in [0, 0.05) is 25.0 Å². The largest absolute Gasteiger partial charge is 0.493 e. The number of fused-ring (bicyclic) bond motifs is 2. The van der Waals surface area contributed by atoms with Gasteiger partial charge in [0.05, 0.1) is 13.7 Å². The fraction of sp³-hybridized carbons (Fsp3) is 0.632. The van der Waals surface area contributed by atoms with E-state index in [9.17, 15) is 4.79 Å². The van der Waals surface area contributed by atoms with Gasteiger partial charge < -0.3 is 20.1 Å². The van der Waals surface area contributed by atoms with Crippen molar-refractivity contribution in [2.75, 3.05) is 13.7 Å². The standard InChI is InChI=1S/C19H28N2O3/c1-3-24-18-10-13(4-7-17(18)23-2)12-20-19(22)11-14-8-15-5-6-16(9-14)21-15/h4,7,10,14-16,21H,3,5-6,8-9,11-12H2,1-2H3,(H,20,22). The molecule has 2 unspecified atom stereocenters. The molecule has 0 aromatic heterocycles. The quantitative estimate of drug-likeness (QED) is 0.806. The highest BCUT2D eigenvalue weighted by molar-refractivity contribution is 5.76. The van der Waals surface area contributed by atoms with Gasteiger partial charge in [0.15, 0.2) is 11.5 Å². The molecule has 0 radical (unpaired) electrons. The molecule has 3 rings (SSSR count). The maximum Gasteiger partial charge on any atom is 0.220 e.